The van der Waals surface area contributed by atoms with Crippen LogP contribution >= 0.6 is 0 Å². The van der Waals surface area contributed by atoms with Crippen LogP contribution in [0.3, 0.4) is 0 Å². The lowest BCUT2D eigenvalue weighted by molar-refractivity contribution is 1.04. The average molecular weight is 150 g/mol. The van der Waals surface area contributed by atoms with Gasteiger partial charge in [-0.05, 0) is 0 Å². The molecule has 0 atom stereocenters. The molecule has 0 saturated heterocycles. The van der Waals surface area contributed by atoms with E-state index in [9.17, 15) is 0 Å². The minimum absolute atomic E-state index is 0.140. The third kappa shape index (κ3) is 0.759. The Morgan fingerprint density at radius 1 is 1.27 bits per heavy atom. The first-order chi connectivity index (χ1) is 5.27. The molecule has 0 aromatic carbocycles. The maximum absolute atomic E-state index is 5.49. The molecular weight excluding hydrogens is 144 g/mol. The van der Waals surface area contributed by atoms with Crippen LogP contribution in [0.15, 0.2) is 12.4 Å². The van der Waals surface area contributed by atoms with Crippen LogP contribution in [0.4, 0.5) is 11.9 Å². The first-order valence-corrected chi connectivity index (χ1v) is 2.99. The van der Waals surface area contributed by atoms with E-state index < -0.39 is 0 Å². The van der Waals surface area contributed by atoms with Crippen molar-refractivity contribution >= 4 is 17.7 Å². The van der Waals surface area contributed by atoms with E-state index in [0.717, 1.165) is 0 Å². The summed E-state index contributed by atoms with van der Waals surface area (Å²) in [6.07, 6.45) is 3.25. The normalized spacial score (nSPS) is 10.5. The molecular formula is C5H6N6. The summed E-state index contributed by atoms with van der Waals surface area (Å²) < 4.78 is 1.55. The van der Waals surface area contributed by atoms with Gasteiger partial charge in [-0.15, -0.1) is 0 Å². The number of nitrogens with zero attached hydrogens (tertiary/aromatic N) is 4. The Labute approximate surface area is 61.9 Å². The van der Waals surface area contributed by atoms with Crippen LogP contribution in [0.1, 0.15) is 0 Å². The number of rotatable bonds is 0. The summed E-state index contributed by atoms with van der Waals surface area (Å²) in [6.45, 7) is 0. The molecule has 0 saturated carbocycles. The van der Waals surface area contributed by atoms with Crippen LogP contribution in [0.25, 0.3) is 5.78 Å². The van der Waals surface area contributed by atoms with Gasteiger partial charge in [0, 0.05) is 12.4 Å². The molecule has 0 bridgehead atoms. The van der Waals surface area contributed by atoms with E-state index >= 15 is 0 Å². The van der Waals surface area contributed by atoms with E-state index in [1.807, 2.05) is 0 Å². The smallest absolute Gasteiger partial charge is 0.239 e. The largest absolute Gasteiger partial charge is 0.369 e. The van der Waals surface area contributed by atoms with Crippen molar-refractivity contribution in [2.75, 3.05) is 11.5 Å². The second-order valence-corrected chi connectivity index (χ2v) is 2.04. The third-order valence-corrected chi connectivity index (χ3v) is 1.31. The highest BCUT2D eigenvalue weighted by Crippen LogP contribution is 2.03. The van der Waals surface area contributed by atoms with Gasteiger partial charge in [-0.1, -0.05) is 0 Å². The molecule has 2 aromatic heterocycles. The summed E-state index contributed by atoms with van der Waals surface area (Å²) in [5.41, 5.74) is 10.8. The molecule has 0 spiro atoms. The monoisotopic (exact) mass is 150 g/mol. The van der Waals surface area contributed by atoms with Gasteiger partial charge in [0.1, 0.15) is 0 Å². The minimum Gasteiger partial charge on any atom is -0.369 e. The van der Waals surface area contributed by atoms with Crippen LogP contribution in [0.2, 0.25) is 0 Å². The molecule has 2 heterocycles. The molecule has 6 nitrogen and oxygen atoms in total. The standard InChI is InChI=1S/C5H6N6/c6-3-9-4(7)11-2-1-8-5(11)10-3/h1-2H,(H4,6,7,8,9,10). The van der Waals surface area contributed by atoms with E-state index in [4.69, 9.17) is 11.5 Å². The van der Waals surface area contributed by atoms with Crippen molar-refractivity contribution in [3.8, 4) is 0 Å². The van der Waals surface area contributed by atoms with Gasteiger partial charge >= 0.3 is 0 Å². The predicted molar refractivity (Wildman–Crippen MR) is 39.6 cm³/mol. The van der Waals surface area contributed by atoms with E-state index in [1.54, 1.807) is 16.8 Å². The Hall–Kier alpha value is -1.85. The molecule has 11 heavy (non-hydrogen) atoms. The Morgan fingerprint density at radius 3 is 2.91 bits per heavy atom. The molecule has 0 fully saturated rings. The van der Waals surface area contributed by atoms with Crippen LogP contribution in [0, 0.1) is 0 Å². The van der Waals surface area contributed by atoms with Gasteiger partial charge in [0.15, 0.2) is 0 Å². The van der Waals surface area contributed by atoms with Gasteiger partial charge in [-0.2, -0.15) is 9.97 Å². The first-order valence-electron chi connectivity index (χ1n) is 2.99. The molecule has 6 heteroatoms. The minimum atomic E-state index is 0.140. The molecule has 0 aliphatic carbocycles. The molecule has 0 aliphatic heterocycles. The van der Waals surface area contributed by atoms with Crippen molar-refractivity contribution in [3.05, 3.63) is 12.4 Å². The van der Waals surface area contributed by atoms with E-state index in [2.05, 4.69) is 15.0 Å². The van der Waals surface area contributed by atoms with Crippen molar-refractivity contribution in [2.45, 2.75) is 0 Å². The number of fused-ring (bicyclic) bond motifs is 1. The number of hydrogen-bond donors (Lipinski definition) is 2. The summed E-state index contributed by atoms with van der Waals surface area (Å²) in [6, 6.07) is 0. The van der Waals surface area contributed by atoms with Gasteiger partial charge in [0.05, 0.1) is 0 Å². The average Bonchev–Trinajstić information content (AvgIpc) is 2.34. The van der Waals surface area contributed by atoms with Crippen molar-refractivity contribution < 1.29 is 0 Å². The quantitative estimate of drug-likeness (QED) is 0.517. The summed E-state index contributed by atoms with van der Waals surface area (Å²) in [5, 5.41) is 0. The number of aromatic nitrogens is 4. The molecule has 2 aromatic rings. The lowest BCUT2D eigenvalue weighted by Gasteiger charge is -1.97. The Balaban J connectivity index is 2.91. The molecule has 0 aliphatic rings. The molecule has 0 radical (unpaired) electrons. The summed E-state index contributed by atoms with van der Waals surface area (Å²) in [4.78, 5) is 11.5. The van der Waals surface area contributed by atoms with E-state index in [-0.39, 0.29) is 5.95 Å². The Bertz CT molecular complexity index is 391. The lowest BCUT2D eigenvalue weighted by Crippen LogP contribution is -2.05. The fourth-order valence-electron chi connectivity index (χ4n) is 0.856. The van der Waals surface area contributed by atoms with E-state index in [1.165, 1.54) is 0 Å². The summed E-state index contributed by atoms with van der Waals surface area (Å²) >= 11 is 0. The van der Waals surface area contributed by atoms with Gasteiger partial charge < -0.3 is 11.5 Å². The fraction of sp³-hybridized carbons (Fsp3) is 0. The third-order valence-electron chi connectivity index (χ3n) is 1.31. The van der Waals surface area contributed by atoms with Gasteiger partial charge in [0.25, 0.3) is 0 Å². The molecule has 0 amide bonds. The van der Waals surface area contributed by atoms with Crippen LogP contribution < -0.4 is 11.5 Å². The highest BCUT2D eigenvalue weighted by Gasteiger charge is 2.00. The molecule has 4 N–H and O–H groups in total. The number of nitrogens with two attached hydrogens (primary N) is 2. The van der Waals surface area contributed by atoms with Gasteiger partial charge in [0.2, 0.25) is 17.7 Å². The predicted octanol–water partition coefficient (Wildman–Crippen LogP) is -0.711. The van der Waals surface area contributed by atoms with Crippen LogP contribution in [0.5, 0.6) is 0 Å². The van der Waals surface area contributed by atoms with Gasteiger partial charge in [-0.3, -0.25) is 4.40 Å². The second-order valence-electron chi connectivity index (χ2n) is 2.04. The number of imidazole rings is 1. The maximum Gasteiger partial charge on any atom is 0.239 e. The number of nitrogen functional groups attached to an aromatic ring is 2. The zero-order valence-corrected chi connectivity index (χ0v) is 5.60. The van der Waals surface area contributed by atoms with Crippen molar-refractivity contribution in [1.82, 2.24) is 19.4 Å². The van der Waals surface area contributed by atoms with Crippen LogP contribution in [-0.4, -0.2) is 19.4 Å². The van der Waals surface area contributed by atoms with Gasteiger partial charge in [-0.25, -0.2) is 4.98 Å². The highest BCUT2D eigenvalue weighted by atomic mass is 15.2. The molecule has 0 unspecified atom stereocenters. The zero-order valence-electron chi connectivity index (χ0n) is 5.60. The van der Waals surface area contributed by atoms with Crippen molar-refractivity contribution in [1.29, 1.82) is 0 Å². The number of hydrogen-bond acceptors (Lipinski definition) is 5. The first kappa shape index (κ1) is 5.90. The van der Waals surface area contributed by atoms with Crippen molar-refractivity contribution in [2.24, 2.45) is 0 Å². The maximum atomic E-state index is 5.49. The fourth-order valence-corrected chi connectivity index (χ4v) is 0.856. The summed E-state index contributed by atoms with van der Waals surface area (Å²) in [5.74, 6) is 0.904. The zero-order chi connectivity index (χ0) is 7.84. The molecule has 2 rings (SSSR count). The van der Waals surface area contributed by atoms with Crippen molar-refractivity contribution in [3.63, 3.8) is 0 Å². The Morgan fingerprint density at radius 2 is 2.09 bits per heavy atom. The SMILES string of the molecule is Nc1nc(N)n2ccnc2n1. The molecule has 56 valence electrons. The number of anilines is 2. The topological polar surface area (TPSA) is 95.1 Å². The Kier molecular flexibility index (Phi) is 0.974. The summed E-state index contributed by atoms with van der Waals surface area (Å²) in [7, 11) is 0. The highest BCUT2D eigenvalue weighted by molar-refractivity contribution is 5.41. The lowest BCUT2D eigenvalue weighted by atomic mass is 10.8. The van der Waals surface area contributed by atoms with Crippen LogP contribution in [-0.2, 0) is 0 Å². The van der Waals surface area contributed by atoms with E-state index in [0.29, 0.717) is 11.7 Å². The second kappa shape index (κ2) is 1.82.